The summed E-state index contributed by atoms with van der Waals surface area (Å²) in [6, 6.07) is 3.75. The summed E-state index contributed by atoms with van der Waals surface area (Å²) >= 11 is 0. The Morgan fingerprint density at radius 3 is 2.39 bits per heavy atom. The third kappa shape index (κ3) is 4.33. The van der Waals surface area contributed by atoms with Crippen LogP contribution in [0.4, 0.5) is 15.8 Å². The van der Waals surface area contributed by atoms with Gasteiger partial charge in [0.2, 0.25) is 15.9 Å². The molecule has 1 aromatic rings. The van der Waals surface area contributed by atoms with E-state index in [1.165, 1.54) is 12.1 Å². The molecule has 0 aliphatic carbocycles. The number of amides is 1. The lowest BCUT2D eigenvalue weighted by atomic mass is 10.2. The first-order valence-corrected chi connectivity index (χ1v) is 7.16. The smallest absolute Gasteiger partial charge is 0.229 e. The molecule has 0 bridgehead atoms. The zero-order chi connectivity index (χ0) is 13.9. The molecule has 0 radical (unpaired) electrons. The number of hydrogen-bond donors (Lipinski definition) is 2. The Morgan fingerprint density at radius 2 is 1.94 bits per heavy atom. The summed E-state index contributed by atoms with van der Waals surface area (Å²) in [7, 11) is -3.53. The molecule has 1 amide bonds. The van der Waals surface area contributed by atoms with Crippen molar-refractivity contribution in [1.29, 1.82) is 0 Å². The molecule has 0 heterocycles. The zero-order valence-corrected chi connectivity index (χ0v) is 11.1. The molecule has 100 valence electrons. The van der Waals surface area contributed by atoms with Crippen LogP contribution in [0.1, 0.15) is 13.8 Å². The molecule has 7 heteroatoms. The van der Waals surface area contributed by atoms with Crippen molar-refractivity contribution in [1.82, 2.24) is 0 Å². The van der Waals surface area contributed by atoms with E-state index in [4.69, 9.17) is 0 Å². The van der Waals surface area contributed by atoms with Crippen molar-refractivity contribution in [2.75, 3.05) is 16.3 Å². The first-order chi connectivity index (χ1) is 8.19. The molecule has 0 saturated carbocycles. The number of carbonyl (C=O) groups is 1. The fourth-order valence-corrected chi connectivity index (χ4v) is 1.73. The van der Waals surface area contributed by atoms with Crippen LogP contribution in [0.25, 0.3) is 0 Å². The van der Waals surface area contributed by atoms with E-state index in [1.54, 1.807) is 13.8 Å². The summed E-state index contributed by atoms with van der Waals surface area (Å²) in [5.41, 5.74) is 0.130. The second-order valence-electron chi connectivity index (χ2n) is 4.21. The molecule has 0 aliphatic heterocycles. The largest absolute Gasteiger partial charge is 0.326 e. The fourth-order valence-electron chi connectivity index (χ4n) is 1.16. The van der Waals surface area contributed by atoms with E-state index in [-0.39, 0.29) is 23.2 Å². The van der Waals surface area contributed by atoms with Crippen LogP contribution in [0, 0.1) is 11.7 Å². The van der Waals surface area contributed by atoms with E-state index in [0.29, 0.717) is 0 Å². The highest BCUT2D eigenvalue weighted by molar-refractivity contribution is 7.92. The lowest BCUT2D eigenvalue weighted by Crippen LogP contribution is -2.18. The average Bonchev–Trinajstić information content (AvgIpc) is 2.20. The monoisotopic (exact) mass is 274 g/mol. The third-order valence-electron chi connectivity index (χ3n) is 2.06. The molecule has 0 unspecified atom stereocenters. The number of hydrogen-bond acceptors (Lipinski definition) is 3. The Labute approximate surface area is 105 Å². The molecule has 0 spiro atoms. The number of rotatable bonds is 4. The summed E-state index contributed by atoms with van der Waals surface area (Å²) in [6.45, 7) is 3.43. The highest BCUT2D eigenvalue weighted by Gasteiger charge is 2.11. The van der Waals surface area contributed by atoms with Crippen molar-refractivity contribution in [3.05, 3.63) is 24.0 Å². The van der Waals surface area contributed by atoms with E-state index in [2.05, 4.69) is 5.32 Å². The van der Waals surface area contributed by atoms with Crippen molar-refractivity contribution in [2.24, 2.45) is 5.92 Å². The number of benzene rings is 1. The van der Waals surface area contributed by atoms with Gasteiger partial charge in [-0.3, -0.25) is 9.52 Å². The van der Waals surface area contributed by atoms with Gasteiger partial charge in [0.05, 0.1) is 11.9 Å². The third-order valence-corrected chi connectivity index (χ3v) is 2.65. The molecular formula is C11H15FN2O3S. The van der Waals surface area contributed by atoms with Crippen molar-refractivity contribution in [2.45, 2.75) is 13.8 Å². The van der Waals surface area contributed by atoms with Crippen LogP contribution in [-0.4, -0.2) is 20.6 Å². The zero-order valence-electron chi connectivity index (χ0n) is 10.3. The Morgan fingerprint density at radius 1 is 1.33 bits per heavy atom. The van der Waals surface area contributed by atoms with E-state index in [9.17, 15) is 17.6 Å². The highest BCUT2D eigenvalue weighted by atomic mass is 32.2. The molecule has 2 N–H and O–H groups in total. The van der Waals surface area contributed by atoms with Gasteiger partial charge in [-0.2, -0.15) is 0 Å². The average molecular weight is 274 g/mol. The summed E-state index contributed by atoms with van der Waals surface area (Å²) in [5, 5.41) is 2.52. The maximum absolute atomic E-state index is 13.6. The van der Waals surface area contributed by atoms with Crippen LogP contribution in [-0.2, 0) is 14.8 Å². The quantitative estimate of drug-likeness (QED) is 0.879. The van der Waals surface area contributed by atoms with E-state index < -0.39 is 15.8 Å². The van der Waals surface area contributed by atoms with Gasteiger partial charge in [0.1, 0.15) is 5.82 Å². The van der Waals surface area contributed by atoms with Crippen LogP contribution in [0.5, 0.6) is 0 Å². The highest BCUT2D eigenvalue weighted by Crippen LogP contribution is 2.20. The van der Waals surface area contributed by atoms with Crippen LogP contribution in [0.2, 0.25) is 0 Å². The Hall–Kier alpha value is -1.63. The summed E-state index contributed by atoms with van der Waals surface area (Å²) in [6.07, 6.45) is 0.931. The normalized spacial score (nSPS) is 11.4. The Balaban J connectivity index is 2.89. The predicted molar refractivity (Wildman–Crippen MR) is 68.3 cm³/mol. The minimum absolute atomic E-state index is 0.153. The van der Waals surface area contributed by atoms with Crippen molar-refractivity contribution < 1.29 is 17.6 Å². The molecule has 0 aromatic heterocycles. The molecule has 1 aromatic carbocycles. The molecular weight excluding hydrogens is 259 g/mol. The summed E-state index contributed by atoms with van der Waals surface area (Å²) in [4.78, 5) is 11.4. The molecule has 0 atom stereocenters. The van der Waals surface area contributed by atoms with Gasteiger partial charge in [0.25, 0.3) is 0 Å². The van der Waals surface area contributed by atoms with Gasteiger partial charge in [-0.15, -0.1) is 0 Å². The maximum Gasteiger partial charge on any atom is 0.229 e. The Bertz CT molecular complexity index is 555. The number of anilines is 2. The van der Waals surface area contributed by atoms with Gasteiger partial charge >= 0.3 is 0 Å². The van der Waals surface area contributed by atoms with Gasteiger partial charge in [0, 0.05) is 11.6 Å². The van der Waals surface area contributed by atoms with Gasteiger partial charge in [-0.05, 0) is 18.2 Å². The van der Waals surface area contributed by atoms with Crippen LogP contribution < -0.4 is 10.0 Å². The SMILES string of the molecule is CC(C)C(=O)Nc1ccc(NS(C)(=O)=O)c(F)c1. The molecule has 0 fully saturated rings. The van der Waals surface area contributed by atoms with E-state index in [1.807, 2.05) is 4.72 Å². The number of sulfonamides is 1. The number of halogens is 1. The second-order valence-corrected chi connectivity index (χ2v) is 5.96. The predicted octanol–water partition coefficient (Wildman–Crippen LogP) is 1.79. The van der Waals surface area contributed by atoms with Gasteiger partial charge in [0.15, 0.2) is 0 Å². The number of nitrogens with one attached hydrogen (secondary N) is 2. The van der Waals surface area contributed by atoms with Gasteiger partial charge in [-0.1, -0.05) is 13.8 Å². The Kier molecular flexibility index (Phi) is 4.28. The molecule has 5 nitrogen and oxygen atoms in total. The standard InChI is InChI=1S/C11H15FN2O3S/c1-7(2)11(15)13-8-4-5-10(9(12)6-8)14-18(3,16)17/h4-7,14H,1-3H3,(H,13,15). The van der Waals surface area contributed by atoms with Crippen molar-refractivity contribution in [3.8, 4) is 0 Å². The lowest BCUT2D eigenvalue weighted by molar-refractivity contribution is -0.118. The summed E-state index contributed by atoms with van der Waals surface area (Å²) < 4.78 is 37.5. The van der Waals surface area contributed by atoms with Crippen LogP contribution >= 0.6 is 0 Å². The van der Waals surface area contributed by atoms with Crippen molar-refractivity contribution in [3.63, 3.8) is 0 Å². The topological polar surface area (TPSA) is 75.3 Å². The molecule has 18 heavy (non-hydrogen) atoms. The first-order valence-electron chi connectivity index (χ1n) is 5.27. The minimum Gasteiger partial charge on any atom is -0.326 e. The lowest BCUT2D eigenvalue weighted by Gasteiger charge is -2.10. The summed E-state index contributed by atoms with van der Waals surface area (Å²) in [5.74, 6) is -1.21. The number of carbonyl (C=O) groups excluding carboxylic acids is 1. The van der Waals surface area contributed by atoms with Gasteiger partial charge < -0.3 is 5.32 Å². The van der Waals surface area contributed by atoms with E-state index in [0.717, 1.165) is 12.3 Å². The van der Waals surface area contributed by atoms with E-state index >= 15 is 0 Å². The molecule has 0 aliphatic rings. The van der Waals surface area contributed by atoms with Gasteiger partial charge in [-0.25, -0.2) is 12.8 Å². The minimum atomic E-state index is -3.53. The molecule has 0 saturated heterocycles. The molecule has 1 rings (SSSR count). The van der Waals surface area contributed by atoms with Crippen LogP contribution in [0.3, 0.4) is 0 Å². The van der Waals surface area contributed by atoms with Crippen molar-refractivity contribution >= 4 is 27.3 Å². The maximum atomic E-state index is 13.6. The fraction of sp³-hybridized carbons (Fsp3) is 0.364. The van der Waals surface area contributed by atoms with Crippen LogP contribution in [0.15, 0.2) is 18.2 Å². The second kappa shape index (κ2) is 5.34. The first kappa shape index (κ1) is 14.4.